The van der Waals surface area contributed by atoms with E-state index >= 15 is 0 Å². The van der Waals surface area contributed by atoms with Crippen LogP contribution in [0.25, 0.3) is 0 Å². The lowest BCUT2D eigenvalue weighted by Gasteiger charge is -2.18. The number of hydrogen-bond donors (Lipinski definition) is 2. The monoisotopic (exact) mass is 282 g/mol. The lowest BCUT2D eigenvalue weighted by molar-refractivity contribution is 0.417. The molecule has 1 aromatic carbocycles. The van der Waals surface area contributed by atoms with Gasteiger partial charge in [-0.15, -0.1) is 0 Å². The largest absolute Gasteiger partial charge is 0.495 e. The molecule has 5 heteroatoms. The molecule has 0 saturated carbocycles. The van der Waals surface area contributed by atoms with Crippen LogP contribution in [0, 0.1) is 0 Å². The van der Waals surface area contributed by atoms with Gasteiger partial charge >= 0.3 is 0 Å². The minimum Gasteiger partial charge on any atom is -0.495 e. The molecule has 1 aliphatic heterocycles. The third kappa shape index (κ3) is 2.97. The van der Waals surface area contributed by atoms with Gasteiger partial charge in [0.1, 0.15) is 17.4 Å². The molecule has 1 aromatic heterocycles. The molecule has 5 nitrogen and oxygen atoms in total. The lowest BCUT2D eigenvalue weighted by atomic mass is 10.2. The van der Waals surface area contributed by atoms with Crippen molar-refractivity contribution in [3.8, 4) is 5.75 Å². The zero-order valence-corrected chi connectivity index (χ0v) is 12.0. The van der Waals surface area contributed by atoms with Gasteiger partial charge in [0.2, 0.25) is 0 Å². The van der Waals surface area contributed by atoms with Gasteiger partial charge in [-0.05, 0) is 30.7 Å². The fourth-order valence-electron chi connectivity index (χ4n) is 2.28. The van der Waals surface area contributed by atoms with Crippen molar-refractivity contribution in [2.45, 2.75) is 6.42 Å². The molecule has 0 bridgehead atoms. The van der Waals surface area contributed by atoms with Crippen molar-refractivity contribution in [1.29, 1.82) is 0 Å². The van der Waals surface area contributed by atoms with Gasteiger partial charge in [0.25, 0.3) is 0 Å². The molecule has 0 spiro atoms. The Bertz CT molecular complexity index is 654. The second-order valence-electron chi connectivity index (χ2n) is 4.74. The van der Waals surface area contributed by atoms with E-state index in [0.29, 0.717) is 0 Å². The van der Waals surface area contributed by atoms with Crippen LogP contribution >= 0.6 is 0 Å². The van der Waals surface area contributed by atoms with E-state index in [9.17, 15) is 0 Å². The summed E-state index contributed by atoms with van der Waals surface area (Å²) in [5, 5.41) is 6.66. The molecule has 2 aromatic rings. The summed E-state index contributed by atoms with van der Waals surface area (Å²) in [6.45, 7) is 1.80. The fraction of sp³-hybridized carbons (Fsp3) is 0.250. The number of rotatable bonds is 4. The molecule has 0 saturated heterocycles. The van der Waals surface area contributed by atoms with Gasteiger partial charge in [-0.25, -0.2) is 4.98 Å². The molecule has 0 radical (unpaired) electrons. The second-order valence-corrected chi connectivity index (χ2v) is 4.74. The summed E-state index contributed by atoms with van der Waals surface area (Å²) in [5.41, 5.74) is 1.86. The number of aliphatic imine (C=N–C) groups is 1. The molecule has 108 valence electrons. The molecule has 0 aliphatic carbocycles. The van der Waals surface area contributed by atoms with Crippen LogP contribution in [0.2, 0.25) is 0 Å². The Morgan fingerprint density at radius 2 is 2.10 bits per heavy atom. The Morgan fingerprint density at radius 1 is 1.19 bits per heavy atom. The number of para-hydroxylation sites is 2. The Balaban J connectivity index is 1.94. The summed E-state index contributed by atoms with van der Waals surface area (Å²) >= 11 is 0. The molecular formula is C16H18N4O. The number of hydrogen-bond acceptors (Lipinski definition) is 5. The van der Waals surface area contributed by atoms with Gasteiger partial charge in [0.05, 0.1) is 18.4 Å². The van der Waals surface area contributed by atoms with E-state index in [1.54, 1.807) is 13.3 Å². The molecule has 0 atom stereocenters. The third-order valence-corrected chi connectivity index (χ3v) is 3.32. The van der Waals surface area contributed by atoms with Crippen molar-refractivity contribution in [2.24, 2.45) is 4.99 Å². The van der Waals surface area contributed by atoms with Crippen LogP contribution in [0.3, 0.4) is 0 Å². The molecule has 0 unspecified atom stereocenters. The summed E-state index contributed by atoms with van der Waals surface area (Å²) < 4.78 is 5.37. The number of benzene rings is 1. The lowest BCUT2D eigenvalue weighted by Crippen LogP contribution is -2.30. The number of nitrogens with zero attached hydrogens (tertiary/aromatic N) is 2. The van der Waals surface area contributed by atoms with Crippen molar-refractivity contribution in [3.63, 3.8) is 0 Å². The minimum atomic E-state index is 0.773. The first-order valence-electron chi connectivity index (χ1n) is 7.02. The number of anilines is 2. The zero-order chi connectivity index (χ0) is 14.5. The van der Waals surface area contributed by atoms with Crippen molar-refractivity contribution >= 4 is 17.3 Å². The molecule has 0 amide bonds. The van der Waals surface area contributed by atoms with Crippen molar-refractivity contribution in [2.75, 3.05) is 25.5 Å². The average Bonchev–Trinajstić information content (AvgIpc) is 2.57. The van der Waals surface area contributed by atoms with E-state index in [1.165, 1.54) is 0 Å². The predicted octanol–water partition coefficient (Wildman–Crippen LogP) is 2.57. The maximum atomic E-state index is 5.37. The molecule has 2 heterocycles. The van der Waals surface area contributed by atoms with Crippen LogP contribution in [-0.2, 0) is 0 Å². The van der Waals surface area contributed by atoms with Crippen LogP contribution in [0.15, 0.2) is 47.6 Å². The zero-order valence-electron chi connectivity index (χ0n) is 12.0. The number of nitrogens with one attached hydrogen (secondary N) is 2. The molecule has 21 heavy (non-hydrogen) atoms. The number of ether oxygens (including phenoxy) is 1. The van der Waals surface area contributed by atoms with Crippen LogP contribution in [-0.4, -0.2) is 31.0 Å². The number of aromatic nitrogens is 1. The first-order chi connectivity index (χ1) is 10.4. The van der Waals surface area contributed by atoms with Gasteiger partial charge in [-0.3, -0.25) is 4.99 Å². The summed E-state index contributed by atoms with van der Waals surface area (Å²) in [6, 6.07) is 11.7. The normalized spacial score (nSPS) is 14.0. The van der Waals surface area contributed by atoms with Crippen LogP contribution in [0.4, 0.5) is 11.5 Å². The Kier molecular flexibility index (Phi) is 4.00. The van der Waals surface area contributed by atoms with Crippen LogP contribution in [0.5, 0.6) is 5.75 Å². The first kappa shape index (κ1) is 13.4. The Hall–Kier alpha value is -2.56. The summed E-state index contributed by atoms with van der Waals surface area (Å²) in [5.74, 6) is 2.45. The fourth-order valence-corrected chi connectivity index (χ4v) is 2.28. The summed E-state index contributed by atoms with van der Waals surface area (Å²) in [6.07, 6.45) is 2.84. The van der Waals surface area contributed by atoms with E-state index in [4.69, 9.17) is 4.74 Å². The highest BCUT2D eigenvalue weighted by molar-refractivity contribution is 6.03. The standard InChI is InChI=1S/C16H18N4O/c1-21-14-8-3-2-7-13(14)20-16-12(6-4-9-19-16)15-17-10-5-11-18-15/h2-4,6-9H,5,10-11H2,1H3,(H,17,18)(H,19,20). The van der Waals surface area contributed by atoms with E-state index in [1.807, 2.05) is 36.4 Å². The molecular weight excluding hydrogens is 264 g/mol. The molecule has 1 aliphatic rings. The van der Waals surface area contributed by atoms with E-state index in [-0.39, 0.29) is 0 Å². The van der Waals surface area contributed by atoms with Crippen LogP contribution < -0.4 is 15.4 Å². The van der Waals surface area contributed by atoms with E-state index in [2.05, 4.69) is 20.6 Å². The predicted molar refractivity (Wildman–Crippen MR) is 84.5 cm³/mol. The van der Waals surface area contributed by atoms with Gasteiger partial charge in [-0.1, -0.05) is 12.1 Å². The van der Waals surface area contributed by atoms with Gasteiger partial charge < -0.3 is 15.4 Å². The SMILES string of the molecule is COc1ccccc1Nc1ncccc1C1=NCCCN1. The highest BCUT2D eigenvalue weighted by Crippen LogP contribution is 2.27. The average molecular weight is 282 g/mol. The Morgan fingerprint density at radius 3 is 2.90 bits per heavy atom. The smallest absolute Gasteiger partial charge is 0.142 e. The maximum absolute atomic E-state index is 5.37. The number of pyridine rings is 1. The quantitative estimate of drug-likeness (QED) is 0.905. The van der Waals surface area contributed by atoms with Crippen molar-refractivity contribution in [1.82, 2.24) is 10.3 Å². The van der Waals surface area contributed by atoms with E-state index < -0.39 is 0 Å². The Labute approximate surface area is 124 Å². The molecule has 2 N–H and O–H groups in total. The topological polar surface area (TPSA) is 58.5 Å². The van der Waals surface area contributed by atoms with Gasteiger partial charge in [0.15, 0.2) is 0 Å². The van der Waals surface area contributed by atoms with Crippen molar-refractivity contribution in [3.05, 3.63) is 48.2 Å². The maximum Gasteiger partial charge on any atom is 0.142 e. The van der Waals surface area contributed by atoms with Crippen LogP contribution in [0.1, 0.15) is 12.0 Å². The summed E-state index contributed by atoms with van der Waals surface area (Å²) in [4.78, 5) is 8.98. The molecule has 0 fully saturated rings. The molecule has 3 rings (SSSR count). The van der Waals surface area contributed by atoms with Gasteiger partial charge in [-0.2, -0.15) is 0 Å². The third-order valence-electron chi connectivity index (χ3n) is 3.32. The first-order valence-corrected chi connectivity index (χ1v) is 7.02. The van der Waals surface area contributed by atoms with E-state index in [0.717, 1.165) is 48.2 Å². The number of methoxy groups -OCH3 is 1. The highest BCUT2D eigenvalue weighted by atomic mass is 16.5. The minimum absolute atomic E-state index is 0.773. The highest BCUT2D eigenvalue weighted by Gasteiger charge is 2.13. The number of amidine groups is 1. The summed E-state index contributed by atoms with van der Waals surface area (Å²) in [7, 11) is 1.66. The van der Waals surface area contributed by atoms with Crippen molar-refractivity contribution < 1.29 is 4.74 Å². The second kappa shape index (κ2) is 6.26. The van der Waals surface area contributed by atoms with Gasteiger partial charge in [0, 0.05) is 19.3 Å².